The Labute approximate surface area is 193 Å². The molecule has 0 saturated carbocycles. The molecular weight excluding hydrogens is 426 g/mol. The van der Waals surface area contributed by atoms with Crippen LogP contribution in [-0.2, 0) is 14.3 Å². The third-order valence-electron chi connectivity index (χ3n) is 6.56. The van der Waals surface area contributed by atoms with Crippen LogP contribution in [0.15, 0.2) is 53.6 Å². The van der Waals surface area contributed by atoms with Gasteiger partial charge in [0.1, 0.15) is 0 Å². The molecule has 0 radical (unpaired) electrons. The lowest BCUT2D eigenvalue weighted by atomic mass is 9.97. The van der Waals surface area contributed by atoms with Gasteiger partial charge in [0, 0.05) is 37.4 Å². The first-order valence-electron chi connectivity index (χ1n) is 11.2. The van der Waals surface area contributed by atoms with Crippen molar-refractivity contribution in [3.8, 4) is 0 Å². The fourth-order valence-electron chi connectivity index (χ4n) is 4.79. The van der Waals surface area contributed by atoms with Crippen molar-refractivity contribution in [1.82, 2.24) is 9.91 Å². The Hall–Kier alpha value is -2.25. The molecule has 0 unspecified atom stereocenters. The minimum absolute atomic E-state index is 0.0109. The van der Waals surface area contributed by atoms with Crippen LogP contribution in [0, 0.1) is 6.92 Å². The van der Waals surface area contributed by atoms with Gasteiger partial charge in [0.2, 0.25) is 0 Å². The number of carbonyl (C=O) groups is 1. The number of ether oxygens (including phenoxy) is 2. The molecule has 1 amide bonds. The molecule has 7 heteroatoms. The van der Waals surface area contributed by atoms with Crippen LogP contribution in [0.2, 0.25) is 5.02 Å². The molecule has 3 aliphatic heterocycles. The summed E-state index contributed by atoms with van der Waals surface area (Å²) in [6.45, 7) is 5.28. The Morgan fingerprint density at radius 2 is 1.84 bits per heavy atom. The van der Waals surface area contributed by atoms with Crippen molar-refractivity contribution in [2.75, 3.05) is 32.8 Å². The van der Waals surface area contributed by atoms with Crippen LogP contribution in [0.4, 0.5) is 0 Å². The minimum atomic E-state index is -0.435. The zero-order valence-corrected chi connectivity index (χ0v) is 19.1. The number of benzene rings is 2. The standard InChI is InChI=1S/C25H28ClN3O3/c1-18-3-2-4-20(15-18)22-16-23(19-5-7-21(26)8-6-19)29(27-22)24(30)17-28-11-9-25(10-12-28)31-13-14-32-25/h2-8,15,23H,9-14,16-17H2,1H3/t23-/m1/s1. The predicted octanol–water partition coefficient (Wildman–Crippen LogP) is 4.17. The molecule has 0 aromatic heterocycles. The van der Waals surface area contributed by atoms with E-state index in [0.717, 1.165) is 42.8 Å². The summed E-state index contributed by atoms with van der Waals surface area (Å²) >= 11 is 6.10. The molecule has 5 rings (SSSR count). The van der Waals surface area contributed by atoms with Crippen LogP contribution in [0.3, 0.4) is 0 Å². The summed E-state index contributed by atoms with van der Waals surface area (Å²) in [5, 5.41) is 7.17. The van der Waals surface area contributed by atoms with E-state index in [9.17, 15) is 4.79 Å². The van der Waals surface area contributed by atoms with Gasteiger partial charge in [-0.05, 0) is 30.2 Å². The summed E-state index contributed by atoms with van der Waals surface area (Å²) in [7, 11) is 0. The fourth-order valence-corrected chi connectivity index (χ4v) is 4.91. The van der Waals surface area contributed by atoms with Crippen LogP contribution in [0.1, 0.15) is 42.0 Å². The van der Waals surface area contributed by atoms with Crippen molar-refractivity contribution < 1.29 is 14.3 Å². The molecule has 2 saturated heterocycles. The summed E-state index contributed by atoms with van der Waals surface area (Å²) in [6.07, 6.45) is 2.26. The average Bonchev–Trinajstić information content (AvgIpc) is 3.44. The number of carbonyl (C=O) groups excluding carboxylic acids is 1. The predicted molar refractivity (Wildman–Crippen MR) is 124 cm³/mol. The lowest BCUT2D eigenvalue weighted by Gasteiger charge is -2.37. The van der Waals surface area contributed by atoms with Gasteiger partial charge < -0.3 is 9.47 Å². The number of hydrogen-bond acceptors (Lipinski definition) is 5. The van der Waals surface area contributed by atoms with E-state index in [4.69, 9.17) is 26.2 Å². The molecule has 0 aliphatic carbocycles. The van der Waals surface area contributed by atoms with E-state index in [1.807, 2.05) is 30.3 Å². The highest BCUT2D eigenvalue weighted by Gasteiger charge is 2.41. The van der Waals surface area contributed by atoms with E-state index in [1.165, 1.54) is 5.56 Å². The fraction of sp³-hybridized carbons (Fsp3) is 0.440. The Morgan fingerprint density at radius 3 is 2.53 bits per heavy atom. The van der Waals surface area contributed by atoms with Crippen molar-refractivity contribution >= 4 is 23.2 Å². The highest BCUT2D eigenvalue weighted by Crippen LogP contribution is 2.35. The maximum absolute atomic E-state index is 13.4. The second-order valence-electron chi connectivity index (χ2n) is 8.81. The lowest BCUT2D eigenvalue weighted by molar-refractivity contribution is -0.186. The van der Waals surface area contributed by atoms with Gasteiger partial charge in [-0.1, -0.05) is 53.6 Å². The van der Waals surface area contributed by atoms with E-state index in [2.05, 4.69) is 30.0 Å². The van der Waals surface area contributed by atoms with Crippen LogP contribution in [-0.4, -0.2) is 60.2 Å². The Bertz CT molecular complexity index is 1010. The number of aryl methyl sites for hydroxylation is 1. The summed E-state index contributed by atoms with van der Waals surface area (Å²) in [5.41, 5.74) is 4.22. The Balaban J connectivity index is 1.34. The number of nitrogens with zero attached hydrogens (tertiary/aromatic N) is 3. The molecule has 6 nitrogen and oxygen atoms in total. The van der Waals surface area contributed by atoms with Crippen molar-refractivity contribution in [1.29, 1.82) is 0 Å². The summed E-state index contributed by atoms with van der Waals surface area (Å²) < 4.78 is 11.6. The average molecular weight is 454 g/mol. The van der Waals surface area contributed by atoms with Gasteiger partial charge in [0.25, 0.3) is 5.91 Å². The monoisotopic (exact) mass is 453 g/mol. The van der Waals surface area contributed by atoms with Crippen molar-refractivity contribution in [2.45, 2.75) is 38.0 Å². The van der Waals surface area contributed by atoms with Gasteiger partial charge in [0.15, 0.2) is 5.79 Å². The number of hydrazone groups is 1. The van der Waals surface area contributed by atoms with E-state index >= 15 is 0 Å². The molecule has 2 fully saturated rings. The van der Waals surface area contributed by atoms with E-state index in [1.54, 1.807) is 5.01 Å². The van der Waals surface area contributed by atoms with Crippen LogP contribution < -0.4 is 0 Å². The number of piperidine rings is 1. The number of rotatable bonds is 4. The summed E-state index contributed by atoms with van der Waals surface area (Å²) in [5.74, 6) is -0.424. The molecule has 0 bridgehead atoms. The summed E-state index contributed by atoms with van der Waals surface area (Å²) in [6, 6.07) is 15.9. The normalized spacial score (nSPS) is 23.0. The highest BCUT2D eigenvalue weighted by molar-refractivity contribution is 6.30. The van der Waals surface area contributed by atoms with Gasteiger partial charge >= 0.3 is 0 Å². The molecule has 32 heavy (non-hydrogen) atoms. The third kappa shape index (κ3) is 4.46. The zero-order valence-electron chi connectivity index (χ0n) is 18.3. The van der Waals surface area contributed by atoms with Crippen molar-refractivity contribution in [2.24, 2.45) is 5.10 Å². The van der Waals surface area contributed by atoms with Gasteiger partial charge in [-0.15, -0.1) is 0 Å². The molecule has 1 atom stereocenters. The maximum Gasteiger partial charge on any atom is 0.257 e. The van der Waals surface area contributed by atoms with E-state index in [0.29, 0.717) is 31.2 Å². The first kappa shape index (κ1) is 21.6. The van der Waals surface area contributed by atoms with Gasteiger partial charge in [-0.25, -0.2) is 5.01 Å². The van der Waals surface area contributed by atoms with Gasteiger partial charge in [-0.2, -0.15) is 5.10 Å². The van der Waals surface area contributed by atoms with E-state index in [-0.39, 0.29) is 11.9 Å². The largest absolute Gasteiger partial charge is 0.347 e. The second kappa shape index (κ2) is 8.94. The van der Waals surface area contributed by atoms with E-state index < -0.39 is 5.79 Å². The zero-order chi connectivity index (χ0) is 22.1. The highest BCUT2D eigenvalue weighted by atomic mass is 35.5. The Kier molecular flexibility index (Phi) is 6.03. The molecular formula is C25H28ClN3O3. The minimum Gasteiger partial charge on any atom is -0.347 e. The van der Waals surface area contributed by atoms with Crippen molar-refractivity contribution in [3.05, 3.63) is 70.2 Å². The van der Waals surface area contributed by atoms with Crippen molar-refractivity contribution in [3.63, 3.8) is 0 Å². The molecule has 2 aromatic rings. The number of hydrogen-bond donors (Lipinski definition) is 0. The first-order valence-corrected chi connectivity index (χ1v) is 11.6. The van der Waals surface area contributed by atoms with Gasteiger partial charge in [0.05, 0.1) is 31.5 Å². The molecule has 2 aromatic carbocycles. The first-order chi connectivity index (χ1) is 15.5. The maximum atomic E-state index is 13.4. The van der Waals surface area contributed by atoms with Crippen LogP contribution in [0.5, 0.6) is 0 Å². The summed E-state index contributed by atoms with van der Waals surface area (Å²) in [4.78, 5) is 15.6. The number of amides is 1. The number of likely N-dealkylation sites (tertiary alicyclic amines) is 1. The lowest BCUT2D eigenvalue weighted by Crippen LogP contribution is -2.48. The molecule has 3 heterocycles. The SMILES string of the molecule is Cc1cccc(C2=NN(C(=O)CN3CCC4(CC3)OCCO4)[C@@H](c3ccc(Cl)cc3)C2)c1. The molecule has 3 aliphatic rings. The Morgan fingerprint density at radius 1 is 1.12 bits per heavy atom. The third-order valence-corrected chi connectivity index (χ3v) is 6.81. The molecule has 0 N–H and O–H groups in total. The number of halogens is 1. The van der Waals surface area contributed by atoms with Gasteiger partial charge in [-0.3, -0.25) is 9.69 Å². The quantitative estimate of drug-likeness (QED) is 0.697. The van der Waals surface area contributed by atoms with Crippen LogP contribution >= 0.6 is 11.6 Å². The molecule has 168 valence electrons. The second-order valence-corrected chi connectivity index (χ2v) is 9.25. The van der Waals surface area contributed by atoms with Crippen LogP contribution in [0.25, 0.3) is 0 Å². The topological polar surface area (TPSA) is 54.4 Å². The molecule has 1 spiro atoms. The smallest absolute Gasteiger partial charge is 0.257 e.